The van der Waals surface area contributed by atoms with Gasteiger partial charge >= 0.3 is 6.03 Å². The Bertz CT molecular complexity index is 1330. The molecule has 1 saturated heterocycles. The Balaban J connectivity index is 1.47. The molecule has 0 atom stereocenters. The molecule has 8 heteroatoms. The Hall–Kier alpha value is -3.68. The maximum atomic E-state index is 12.5. The molecule has 1 aliphatic heterocycles. The summed E-state index contributed by atoms with van der Waals surface area (Å²) in [6.45, 7) is 7.63. The van der Waals surface area contributed by atoms with E-state index in [1.54, 1.807) is 0 Å². The van der Waals surface area contributed by atoms with Crippen molar-refractivity contribution in [2.75, 3.05) is 37.6 Å². The maximum absolute atomic E-state index is 12.5. The van der Waals surface area contributed by atoms with Gasteiger partial charge in [-0.25, -0.2) is 9.78 Å². The molecule has 182 valence electrons. The van der Waals surface area contributed by atoms with Crippen molar-refractivity contribution in [3.63, 3.8) is 0 Å². The zero-order valence-electron chi connectivity index (χ0n) is 20.5. The fourth-order valence-electron chi connectivity index (χ4n) is 4.58. The van der Waals surface area contributed by atoms with Crippen LogP contribution in [0, 0.1) is 0 Å². The summed E-state index contributed by atoms with van der Waals surface area (Å²) in [7, 11) is 0. The number of rotatable bonds is 7. The average Bonchev–Trinajstić information content (AvgIpc) is 3.32. The van der Waals surface area contributed by atoms with E-state index in [9.17, 15) is 4.79 Å². The molecule has 0 bridgehead atoms. The van der Waals surface area contributed by atoms with Gasteiger partial charge < -0.3 is 19.6 Å². The number of hydrogen-bond donors (Lipinski definition) is 1. The second-order valence-corrected chi connectivity index (χ2v) is 9.05. The van der Waals surface area contributed by atoms with Gasteiger partial charge in [-0.3, -0.25) is 0 Å². The summed E-state index contributed by atoms with van der Waals surface area (Å²) in [5.41, 5.74) is 2.24. The molecule has 0 aliphatic carbocycles. The van der Waals surface area contributed by atoms with Crippen LogP contribution in [-0.4, -0.2) is 58.8 Å². The van der Waals surface area contributed by atoms with Crippen molar-refractivity contribution in [2.45, 2.75) is 39.5 Å². The van der Waals surface area contributed by atoms with E-state index in [0.29, 0.717) is 31.9 Å². The van der Waals surface area contributed by atoms with Crippen molar-refractivity contribution < 1.29 is 9.32 Å². The molecule has 1 fully saturated rings. The number of fused-ring (bicyclic) bond motifs is 2. The van der Waals surface area contributed by atoms with Crippen LogP contribution in [0.25, 0.3) is 33.1 Å². The Morgan fingerprint density at radius 2 is 1.80 bits per heavy atom. The van der Waals surface area contributed by atoms with Crippen LogP contribution >= 0.6 is 0 Å². The minimum Gasteiger partial charge on any atom is -0.352 e. The molecule has 0 unspecified atom stereocenters. The molecular formula is C27H32N6O2. The monoisotopic (exact) mass is 472 g/mol. The van der Waals surface area contributed by atoms with Gasteiger partial charge in [0.2, 0.25) is 0 Å². The SMILES string of the molecule is CCCCNC(=O)N1CCN(c2nc(CCC)nc3onc(-c4ccc5ccccc5c4)c23)CC1. The van der Waals surface area contributed by atoms with E-state index in [1.165, 1.54) is 5.39 Å². The van der Waals surface area contributed by atoms with Gasteiger partial charge in [0.05, 0.1) is 0 Å². The van der Waals surface area contributed by atoms with E-state index >= 15 is 0 Å². The van der Waals surface area contributed by atoms with E-state index in [0.717, 1.165) is 65.9 Å². The minimum atomic E-state index is 0.0134. The second-order valence-electron chi connectivity index (χ2n) is 9.05. The van der Waals surface area contributed by atoms with Gasteiger partial charge in [-0.1, -0.05) is 61.8 Å². The van der Waals surface area contributed by atoms with Crippen molar-refractivity contribution in [1.82, 2.24) is 25.3 Å². The van der Waals surface area contributed by atoms with Gasteiger partial charge in [0.1, 0.15) is 22.7 Å². The summed E-state index contributed by atoms with van der Waals surface area (Å²) in [6.07, 6.45) is 3.78. The summed E-state index contributed by atoms with van der Waals surface area (Å²) >= 11 is 0. The quantitative estimate of drug-likeness (QED) is 0.380. The first kappa shape index (κ1) is 23.1. The fourth-order valence-corrected chi connectivity index (χ4v) is 4.58. The van der Waals surface area contributed by atoms with Crippen molar-refractivity contribution in [3.05, 3.63) is 48.3 Å². The third kappa shape index (κ3) is 4.78. The Morgan fingerprint density at radius 3 is 2.57 bits per heavy atom. The standard InChI is InChI=1S/C27H32N6O2/c1-3-5-13-28-27(34)33-16-14-32(15-17-33)25-23-24(31-35-26(23)30-22(29-25)8-4-2)21-12-11-19-9-6-7-10-20(19)18-21/h6-7,9-12,18H,3-5,8,13-17H2,1-2H3,(H,28,34). The van der Waals surface area contributed by atoms with E-state index in [2.05, 4.69) is 64.5 Å². The lowest BCUT2D eigenvalue weighted by Gasteiger charge is -2.35. The minimum absolute atomic E-state index is 0.0134. The van der Waals surface area contributed by atoms with E-state index in [-0.39, 0.29) is 6.03 Å². The summed E-state index contributed by atoms with van der Waals surface area (Å²) in [5.74, 6) is 1.60. The molecule has 2 amide bonds. The lowest BCUT2D eigenvalue weighted by molar-refractivity contribution is 0.194. The van der Waals surface area contributed by atoms with Gasteiger partial charge in [0, 0.05) is 44.7 Å². The number of urea groups is 1. The molecule has 4 aromatic rings. The molecule has 35 heavy (non-hydrogen) atoms. The zero-order valence-corrected chi connectivity index (χ0v) is 20.5. The number of nitrogens with one attached hydrogen (secondary N) is 1. The Morgan fingerprint density at radius 1 is 1.00 bits per heavy atom. The average molecular weight is 473 g/mol. The van der Waals surface area contributed by atoms with Crippen LogP contribution in [0.15, 0.2) is 47.0 Å². The molecule has 3 heterocycles. The topological polar surface area (TPSA) is 87.4 Å². The summed E-state index contributed by atoms with van der Waals surface area (Å²) in [5, 5.41) is 10.6. The number of carbonyl (C=O) groups excluding carboxylic acids is 1. The molecule has 0 spiro atoms. The van der Waals surface area contributed by atoms with Crippen molar-refractivity contribution in [3.8, 4) is 11.3 Å². The number of amides is 2. The van der Waals surface area contributed by atoms with Crippen LogP contribution < -0.4 is 10.2 Å². The summed E-state index contributed by atoms with van der Waals surface area (Å²) < 4.78 is 5.75. The van der Waals surface area contributed by atoms with Crippen LogP contribution in [0.3, 0.4) is 0 Å². The molecule has 8 nitrogen and oxygen atoms in total. The van der Waals surface area contributed by atoms with Gasteiger partial charge in [0.25, 0.3) is 5.71 Å². The molecular weight excluding hydrogens is 440 g/mol. The number of unbranched alkanes of at least 4 members (excludes halogenated alkanes) is 1. The zero-order chi connectivity index (χ0) is 24.2. The summed E-state index contributed by atoms with van der Waals surface area (Å²) in [6, 6.07) is 14.6. The van der Waals surface area contributed by atoms with E-state index in [1.807, 2.05) is 17.0 Å². The first-order valence-corrected chi connectivity index (χ1v) is 12.6. The van der Waals surface area contributed by atoms with Crippen LogP contribution in [0.2, 0.25) is 0 Å². The second kappa shape index (κ2) is 10.3. The molecule has 5 rings (SSSR count). The van der Waals surface area contributed by atoms with Crippen LogP contribution in [-0.2, 0) is 6.42 Å². The molecule has 2 aromatic carbocycles. The van der Waals surface area contributed by atoms with Crippen molar-refractivity contribution in [1.29, 1.82) is 0 Å². The lowest BCUT2D eigenvalue weighted by Crippen LogP contribution is -2.52. The number of aromatic nitrogens is 3. The third-order valence-electron chi connectivity index (χ3n) is 6.53. The number of hydrogen-bond acceptors (Lipinski definition) is 6. The molecule has 0 radical (unpaired) electrons. The molecule has 2 aromatic heterocycles. The number of carbonyl (C=O) groups is 1. The van der Waals surface area contributed by atoms with Gasteiger partial charge in [-0.2, -0.15) is 4.98 Å². The van der Waals surface area contributed by atoms with E-state index < -0.39 is 0 Å². The van der Waals surface area contributed by atoms with Gasteiger partial charge in [-0.05, 0) is 29.7 Å². The highest BCUT2D eigenvalue weighted by Crippen LogP contribution is 2.35. The van der Waals surface area contributed by atoms with Crippen molar-refractivity contribution in [2.24, 2.45) is 0 Å². The molecule has 1 aliphatic rings. The normalized spacial score (nSPS) is 14.1. The van der Waals surface area contributed by atoms with Gasteiger partial charge in [0.15, 0.2) is 0 Å². The van der Waals surface area contributed by atoms with Crippen LogP contribution in [0.1, 0.15) is 38.9 Å². The lowest BCUT2D eigenvalue weighted by atomic mass is 10.0. The smallest absolute Gasteiger partial charge is 0.317 e. The number of anilines is 1. The number of piperazine rings is 1. The van der Waals surface area contributed by atoms with E-state index in [4.69, 9.17) is 9.51 Å². The highest BCUT2D eigenvalue weighted by molar-refractivity contribution is 6.00. The third-order valence-corrected chi connectivity index (χ3v) is 6.53. The largest absolute Gasteiger partial charge is 0.352 e. The fraction of sp³-hybridized carbons (Fsp3) is 0.407. The Labute approximate surface area is 205 Å². The van der Waals surface area contributed by atoms with Crippen molar-refractivity contribution >= 4 is 33.7 Å². The van der Waals surface area contributed by atoms with Crippen LogP contribution in [0.5, 0.6) is 0 Å². The van der Waals surface area contributed by atoms with Crippen LogP contribution in [0.4, 0.5) is 10.6 Å². The number of benzene rings is 2. The predicted molar refractivity (Wildman–Crippen MR) is 139 cm³/mol. The molecule has 1 N–H and O–H groups in total. The first-order chi connectivity index (χ1) is 17.2. The highest BCUT2D eigenvalue weighted by Gasteiger charge is 2.27. The predicted octanol–water partition coefficient (Wildman–Crippen LogP) is 5.02. The first-order valence-electron chi connectivity index (χ1n) is 12.6. The summed E-state index contributed by atoms with van der Waals surface area (Å²) in [4.78, 5) is 26.3. The molecule has 0 saturated carbocycles. The van der Waals surface area contributed by atoms with Gasteiger partial charge in [-0.15, -0.1) is 0 Å². The maximum Gasteiger partial charge on any atom is 0.317 e. The Kier molecular flexibility index (Phi) is 6.79. The number of nitrogens with zero attached hydrogens (tertiary/aromatic N) is 5. The number of aryl methyl sites for hydroxylation is 1. The highest BCUT2D eigenvalue weighted by atomic mass is 16.5.